The van der Waals surface area contributed by atoms with Crippen molar-refractivity contribution in [3.05, 3.63) is 35.6 Å². The van der Waals surface area contributed by atoms with E-state index in [4.69, 9.17) is 0 Å². The molecule has 2 fully saturated rings. The quantitative estimate of drug-likeness (QED) is 0.802. The van der Waals surface area contributed by atoms with Crippen LogP contribution in [0.1, 0.15) is 44.1 Å². The molecule has 7 heteroatoms. The fourth-order valence-corrected chi connectivity index (χ4v) is 3.94. The first-order valence-electron chi connectivity index (χ1n) is 9.60. The number of nitrogens with zero attached hydrogens (tertiary/aromatic N) is 1. The van der Waals surface area contributed by atoms with Gasteiger partial charge in [0.15, 0.2) is 0 Å². The Hall–Kier alpha value is -1.66. The standard InChI is InChI=1S/C20H28FN3O2.ClH/c1-14(16-7-2-3-8-17(16)21)20(26)24-11-5-6-15(13-24)12-23-19(25)18-9-4-10-22-18;/h2-3,7-8,14-15,18,22H,4-6,9-13H2,1H3,(H,23,25);1H. The van der Waals surface area contributed by atoms with Gasteiger partial charge in [0, 0.05) is 19.6 Å². The average Bonchev–Trinajstić information content (AvgIpc) is 3.20. The Kier molecular flexibility index (Phi) is 8.05. The highest BCUT2D eigenvalue weighted by Crippen LogP contribution is 2.24. The third-order valence-corrected chi connectivity index (χ3v) is 5.51. The van der Waals surface area contributed by atoms with E-state index in [0.717, 1.165) is 32.2 Å². The van der Waals surface area contributed by atoms with Gasteiger partial charge in [0.1, 0.15) is 5.82 Å². The van der Waals surface area contributed by atoms with Gasteiger partial charge in [-0.1, -0.05) is 18.2 Å². The lowest BCUT2D eigenvalue weighted by Gasteiger charge is -2.34. The van der Waals surface area contributed by atoms with Crippen molar-refractivity contribution in [3.8, 4) is 0 Å². The van der Waals surface area contributed by atoms with Gasteiger partial charge in [0.2, 0.25) is 11.8 Å². The van der Waals surface area contributed by atoms with Gasteiger partial charge in [-0.15, -0.1) is 12.4 Å². The van der Waals surface area contributed by atoms with E-state index in [1.807, 2.05) is 4.90 Å². The van der Waals surface area contributed by atoms with E-state index in [9.17, 15) is 14.0 Å². The van der Waals surface area contributed by atoms with E-state index in [2.05, 4.69) is 10.6 Å². The van der Waals surface area contributed by atoms with Crippen molar-refractivity contribution in [2.45, 2.75) is 44.6 Å². The molecule has 2 N–H and O–H groups in total. The predicted molar refractivity (Wildman–Crippen MR) is 105 cm³/mol. The molecule has 2 amide bonds. The van der Waals surface area contributed by atoms with Crippen LogP contribution < -0.4 is 10.6 Å². The molecule has 2 aliphatic rings. The summed E-state index contributed by atoms with van der Waals surface area (Å²) in [6.45, 7) is 4.58. The molecule has 3 unspecified atom stereocenters. The van der Waals surface area contributed by atoms with Crippen LogP contribution in [0.15, 0.2) is 24.3 Å². The van der Waals surface area contributed by atoms with Gasteiger partial charge in [-0.05, 0) is 56.7 Å². The first-order valence-corrected chi connectivity index (χ1v) is 9.60. The van der Waals surface area contributed by atoms with Crippen LogP contribution in [0, 0.1) is 11.7 Å². The van der Waals surface area contributed by atoms with E-state index in [1.54, 1.807) is 25.1 Å². The third-order valence-electron chi connectivity index (χ3n) is 5.51. The molecule has 2 saturated heterocycles. The average molecular weight is 398 g/mol. The number of carbonyl (C=O) groups excluding carboxylic acids is 2. The van der Waals surface area contributed by atoms with Crippen molar-refractivity contribution in [1.82, 2.24) is 15.5 Å². The Morgan fingerprint density at radius 3 is 2.78 bits per heavy atom. The van der Waals surface area contributed by atoms with Crippen molar-refractivity contribution in [1.29, 1.82) is 0 Å². The predicted octanol–water partition coefficient (Wildman–Crippen LogP) is 2.46. The zero-order valence-electron chi connectivity index (χ0n) is 15.7. The van der Waals surface area contributed by atoms with Gasteiger partial charge >= 0.3 is 0 Å². The maximum Gasteiger partial charge on any atom is 0.237 e. The Bertz CT molecular complexity index is 652. The molecule has 0 aliphatic carbocycles. The minimum Gasteiger partial charge on any atom is -0.354 e. The highest BCUT2D eigenvalue weighted by atomic mass is 35.5. The summed E-state index contributed by atoms with van der Waals surface area (Å²) in [5.41, 5.74) is 0.445. The molecule has 2 aliphatic heterocycles. The minimum absolute atomic E-state index is 0. The van der Waals surface area contributed by atoms with Gasteiger partial charge in [-0.3, -0.25) is 9.59 Å². The molecule has 0 aromatic heterocycles. The lowest BCUT2D eigenvalue weighted by molar-refractivity contribution is -0.134. The Labute approximate surface area is 166 Å². The van der Waals surface area contributed by atoms with Gasteiger partial charge in [-0.2, -0.15) is 0 Å². The number of amides is 2. The molecule has 0 bridgehead atoms. The van der Waals surface area contributed by atoms with Crippen LogP contribution in [0.5, 0.6) is 0 Å². The summed E-state index contributed by atoms with van der Waals surface area (Å²) in [7, 11) is 0. The van der Waals surface area contributed by atoms with E-state index < -0.39 is 5.92 Å². The maximum absolute atomic E-state index is 14.0. The molecule has 5 nitrogen and oxygen atoms in total. The van der Waals surface area contributed by atoms with Gasteiger partial charge < -0.3 is 15.5 Å². The summed E-state index contributed by atoms with van der Waals surface area (Å²) in [6, 6.07) is 6.39. The van der Waals surface area contributed by atoms with Crippen molar-refractivity contribution in [2.24, 2.45) is 5.92 Å². The first kappa shape index (κ1) is 21.6. The lowest BCUT2D eigenvalue weighted by Crippen LogP contribution is -2.47. The summed E-state index contributed by atoms with van der Waals surface area (Å²) >= 11 is 0. The molecular formula is C20H29ClFN3O2. The summed E-state index contributed by atoms with van der Waals surface area (Å²) < 4.78 is 14.0. The molecule has 3 rings (SSSR count). The molecule has 0 spiro atoms. The van der Waals surface area contributed by atoms with Gasteiger partial charge in [0.25, 0.3) is 0 Å². The van der Waals surface area contributed by atoms with Crippen LogP contribution in [0.2, 0.25) is 0 Å². The monoisotopic (exact) mass is 397 g/mol. The third kappa shape index (κ3) is 5.42. The number of likely N-dealkylation sites (tertiary alicyclic amines) is 1. The van der Waals surface area contributed by atoms with Crippen LogP contribution >= 0.6 is 12.4 Å². The molecule has 150 valence electrons. The number of carbonyl (C=O) groups is 2. The van der Waals surface area contributed by atoms with Crippen molar-refractivity contribution < 1.29 is 14.0 Å². The second-order valence-electron chi connectivity index (χ2n) is 7.43. The highest BCUT2D eigenvalue weighted by molar-refractivity contribution is 5.85. The molecule has 3 atom stereocenters. The van der Waals surface area contributed by atoms with Crippen LogP contribution in [0.3, 0.4) is 0 Å². The van der Waals surface area contributed by atoms with Crippen LogP contribution in [0.4, 0.5) is 4.39 Å². The summed E-state index contributed by atoms with van der Waals surface area (Å²) in [4.78, 5) is 26.8. The smallest absolute Gasteiger partial charge is 0.237 e. The van der Waals surface area contributed by atoms with Gasteiger partial charge in [-0.25, -0.2) is 4.39 Å². The first-order chi connectivity index (χ1) is 12.6. The largest absolute Gasteiger partial charge is 0.354 e. The van der Waals surface area contributed by atoms with E-state index in [-0.39, 0.29) is 42.0 Å². The number of piperidine rings is 1. The summed E-state index contributed by atoms with van der Waals surface area (Å²) in [5, 5.41) is 6.22. The fraction of sp³-hybridized carbons (Fsp3) is 0.600. The number of benzene rings is 1. The maximum atomic E-state index is 14.0. The molecular weight excluding hydrogens is 369 g/mol. The minimum atomic E-state index is -0.493. The molecule has 1 aromatic rings. The van der Waals surface area contributed by atoms with Gasteiger partial charge in [0.05, 0.1) is 12.0 Å². The zero-order valence-corrected chi connectivity index (χ0v) is 16.6. The molecule has 0 saturated carbocycles. The summed E-state index contributed by atoms with van der Waals surface area (Å²) in [6.07, 6.45) is 3.84. The number of halogens is 2. The second kappa shape index (κ2) is 10.0. The number of hydrogen-bond acceptors (Lipinski definition) is 3. The topological polar surface area (TPSA) is 61.4 Å². The van der Waals surface area contributed by atoms with Crippen LogP contribution in [-0.2, 0) is 9.59 Å². The molecule has 0 radical (unpaired) electrons. The van der Waals surface area contributed by atoms with E-state index in [0.29, 0.717) is 25.2 Å². The Morgan fingerprint density at radius 1 is 1.30 bits per heavy atom. The van der Waals surface area contributed by atoms with Crippen molar-refractivity contribution in [2.75, 3.05) is 26.2 Å². The number of nitrogens with one attached hydrogen (secondary N) is 2. The summed E-state index contributed by atoms with van der Waals surface area (Å²) in [5.74, 6) is -0.550. The Morgan fingerprint density at radius 2 is 2.07 bits per heavy atom. The molecule has 1 aromatic carbocycles. The zero-order chi connectivity index (χ0) is 18.5. The Balaban J connectivity index is 0.00000261. The van der Waals surface area contributed by atoms with Crippen LogP contribution in [0.25, 0.3) is 0 Å². The SMILES string of the molecule is CC(C(=O)N1CCCC(CNC(=O)C2CCCN2)C1)c1ccccc1F.Cl. The van der Waals surface area contributed by atoms with E-state index in [1.165, 1.54) is 6.07 Å². The van der Waals surface area contributed by atoms with Crippen molar-refractivity contribution >= 4 is 24.2 Å². The van der Waals surface area contributed by atoms with E-state index >= 15 is 0 Å². The number of rotatable bonds is 5. The molecule has 2 heterocycles. The second-order valence-corrected chi connectivity index (χ2v) is 7.43. The number of hydrogen-bond donors (Lipinski definition) is 2. The fourth-order valence-electron chi connectivity index (χ4n) is 3.94. The normalized spacial score (nSPS) is 23.4. The van der Waals surface area contributed by atoms with Crippen LogP contribution in [-0.4, -0.2) is 48.9 Å². The highest BCUT2D eigenvalue weighted by Gasteiger charge is 2.29. The lowest BCUT2D eigenvalue weighted by atomic mass is 9.94. The molecule has 27 heavy (non-hydrogen) atoms. The van der Waals surface area contributed by atoms with Crippen molar-refractivity contribution in [3.63, 3.8) is 0 Å².